The molecular formula is C17H23NO3. The van der Waals surface area contributed by atoms with Crippen LogP contribution in [-0.2, 0) is 15.1 Å². The highest BCUT2D eigenvalue weighted by Gasteiger charge is 2.32. The number of nitrogens with one attached hydrogen (secondary N) is 1. The molecule has 0 aromatic heterocycles. The van der Waals surface area contributed by atoms with Gasteiger partial charge in [0.2, 0.25) is 0 Å². The molecule has 1 saturated carbocycles. The second-order valence-electron chi connectivity index (χ2n) is 6.85. The summed E-state index contributed by atoms with van der Waals surface area (Å²) in [6.07, 6.45) is 2.55. The van der Waals surface area contributed by atoms with Crippen molar-refractivity contribution in [2.24, 2.45) is 0 Å². The standard InChI is InChI=1S/C17H23NO3/c1-16(2,3)21-15(20)18-17(4,11-19)14-7-5-6-13(10-14)12-8-9-12/h5-7,10-12H,8-9H2,1-4H3,(H,18,20). The van der Waals surface area contributed by atoms with Gasteiger partial charge in [0.1, 0.15) is 17.4 Å². The van der Waals surface area contributed by atoms with Gasteiger partial charge in [-0.05, 0) is 57.6 Å². The summed E-state index contributed by atoms with van der Waals surface area (Å²) in [4.78, 5) is 23.5. The summed E-state index contributed by atoms with van der Waals surface area (Å²) in [6.45, 7) is 7.06. The van der Waals surface area contributed by atoms with E-state index < -0.39 is 17.2 Å². The second kappa shape index (κ2) is 5.51. The van der Waals surface area contributed by atoms with E-state index in [1.165, 1.54) is 18.4 Å². The first-order valence-electron chi connectivity index (χ1n) is 7.31. The maximum absolute atomic E-state index is 11.9. The van der Waals surface area contributed by atoms with Gasteiger partial charge in [-0.15, -0.1) is 0 Å². The van der Waals surface area contributed by atoms with Crippen molar-refractivity contribution < 1.29 is 14.3 Å². The number of carbonyl (C=O) groups is 2. The van der Waals surface area contributed by atoms with E-state index >= 15 is 0 Å². The summed E-state index contributed by atoms with van der Waals surface area (Å²) < 4.78 is 5.24. The lowest BCUT2D eigenvalue weighted by Crippen LogP contribution is -2.47. The van der Waals surface area contributed by atoms with Crippen molar-refractivity contribution in [3.05, 3.63) is 35.4 Å². The number of rotatable bonds is 4. The fourth-order valence-electron chi connectivity index (χ4n) is 2.22. The van der Waals surface area contributed by atoms with E-state index in [-0.39, 0.29) is 0 Å². The Hall–Kier alpha value is -1.84. The fourth-order valence-corrected chi connectivity index (χ4v) is 2.22. The molecule has 21 heavy (non-hydrogen) atoms. The average Bonchev–Trinajstić information content (AvgIpc) is 3.20. The van der Waals surface area contributed by atoms with E-state index in [9.17, 15) is 9.59 Å². The molecule has 0 bridgehead atoms. The van der Waals surface area contributed by atoms with Crippen LogP contribution >= 0.6 is 0 Å². The summed E-state index contributed by atoms with van der Waals surface area (Å²) in [5.41, 5.74) is 0.344. The molecule has 1 N–H and O–H groups in total. The molecule has 0 saturated heterocycles. The first kappa shape index (κ1) is 15.5. The highest BCUT2D eigenvalue weighted by atomic mass is 16.6. The maximum atomic E-state index is 11.9. The van der Waals surface area contributed by atoms with E-state index in [0.29, 0.717) is 5.92 Å². The number of amides is 1. The van der Waals surface area contributed by atoms with Gasteiger partial charge in [-0.1, -0.05) is 24.3 Å². The third-order valence-electron chi connectivity index (χ3n) is 3.53. The lowest BCUT2D eigenvalue weighted by atomic mass is 9.91. The molecule has 1 aliphatic rings. The van der Waals surface area contributed by atoms with Crippen LogP contribution in [-0.4, -0.2) is 18.0 Å². The van der Waals surface area contributed by atoms with Crippen molar-refractivity contribution in [1.29, 1.82) is 0 Å². The van der Waals surface area contributed by atoms with Crippen LogP contribution < -0.4 is 5.32 Å². The highest BCUT2D eigenvalue weighted by molar-refractivity contribution is 5.78. The van der Waals surface area contributed by atoms with Crippen LogP contribution in [0.2, 0.25) is 0 Å². The van der Waals surface area contributed by atoms with Gasteiger partial charge in [0, 0.05) is 0 Å². The lowest BCUT2D eigenvalue weighted by Gasteiger charge is -2.28. The Balaban J connectivity index is 2.18. The quantitative estimate of drug-likeness (QED) is 0.863. The Bertz CT molecular complexity index is 543. The molecule has 1 aromatic carbocycles. The first-order chi connectivity index (χ1) is 9.73. The van der Waals surface area contributed by atoms with E-state index in [2.05, 4.69) is 11.4 Å². The monoisotopic (exact) mass is 289 g/mol. The third-order valence-corrected chi connectivity index (χ3v) is 3.53. The Morgan fingerprint density at radius 1 is 1.29 bits per heavy atom. The van der Waals surface area contributed by atoms with E-state index in [0.717, 1.165) is 11.8 Å². The summed E-state index contributed by atoms with van der Waals surface area (Å²) in [5, 5.41) is 2.67. The van der Waals surface area contributed by atoms with E-state index in [1.54, 1.807) is 27.7 Å². The first-order valence-corrected chi connectivity index (χ1v) is 7.31. The molecule has 0 aliphatic heterocycles. The van der Waals surface area contributed by atoms with Gasteiger partial charge in [-0.2, -0.15) is 0 Å². The third kappa shape index (κ3) is 4.06. The number of hydrogen-bond donors (Lipinski definition) is 1. The predicted octanol–water partition coefficient (Wildman–Crippen LogP) is 3.50. The Morgan fingerprint density at radius 2 is 1.95 bits per heavy atom. The second-order valence-corrected chi connectivity index (χ2v) is 6.85. The molecule has 0 spiro atoms. The van der Waals surface area contributed by atoms with Crippen LogP contribution in [0.3, 0.4) is 0 Å². The SMILES string of the molecule is CC(C)(C)OC(=O)NC(C)(C=O)c1cccc(C2CC2)c1. The van der Waals surface area contributed by atoms with Crippen LogP contribution in [0.25, 0.3) is 0 Å². The Morgan fingerprint density at radius 3 is 2.48 bits per heavy atom. The van der Waals surface area contributed by atoms with E-state index in [4.69, 9.17) is 4.74 Å². The molecule has 4 heteroatoms. The summed E-state index contributed by atoms with van der Waals surface area (Å²) in [7, 11) is 0. The summed E-state index contributed by atoms with van der Waals surface area (Å²) >= 11 is 0. The number of aldehydes is 1. The zero-order valence-corrected chi connectivity index (χ0v) is 13.1. The number of alkyl carbamates (subject to hydrolysis) is 1. The number of benzene rings is 1. The minimum absolute atomic E-state index is 0.589. The van der Waals surface area contributed by atoms with Crippen molar-refractivity contribution in [3.8, 4) is 0 Å². The van der Waals surface area contributed by atoms with Gasteiger partial charge < -0.3 is 14.8 Å². The van der Waals surface area contributed by atoms with Crippen molar-refractivity contribution >= 4 is 12.4 Å². The largest absolute Gasteiger partial charge is 0.444 e. The number of hydrogen-bond acceptors (Lipinski definition) is 3. The average molecular weight is 289 g/mol. The molecule has 4 nitrogen and oxygen atoms in total. The van der Waals surface area contributed by atoms with Crippen molar-refractivity contribution in [2.45, 2.75) is 57.6 Å². The minimum Gasteiger partial charge on any atom is -0.444 e. The number of carbonyl (C=O) groups excluding carboxylic acids is 2. The molecule has 1 unspecified atom stereocenters. The highest BCUT2D eigenvalue weighted by Crippen LogP contribution is 2.40. The fraction of sp³-hybridized carbons (Fsp3) is 0.529. The van der Waals surface area contributed by atoms with Gasteiger partial charge in [-0.25, -0.2) is 4.79 Å². The molecule has 1 aliphatic carbocycles. The normalized spacial score (nSPS) is 17.7. The number of ether oxygens (including phenoxy) is 1. The molecule has 1 atom stereocenters. The zero-order chi connectivity index (χ0) is 15.7. The van der Waals surface area contributed by atoms with E-state index in [1.807, 2.05) is 18.2 Å². The van der Waals surface area contributed by atoms with Gasteiger partial charge in [-0.3, -0.25) is 0 Å². The Kier molecular flexibility index (Phi) is 4.08. The van der Waals surface area contributed by atoms with Crippen LogP contribution in [0.5, 0.6) is 0 Å². The van der Waals surface area contributed by atoms with Gasteiger partial charge in [0.25, 0.3) is 0 Å². The molecule has 0 radical (unpaired) electrons. The molecule has 1 fully saturated rings. The van der Waals surface area contributed by atoms with Gasteiger partial charge >= 0.3 is 6.09 Å². The topological polar surface area (TPSA) is 55.4 Å². The van der Waals surface area contributed by atoms with Crippen molar-refractivity contribution in [3.63, 3.8) is 0 Å². The lowest BCUT2D eigenvalue weighted by molar-refractivity contribution is -0.113. The molecule has 1 aromatic rings. The van der Waals surface area contributed by atoms with Crippen LogP contribution in [0.1, 0.15) is 57.6 Å². The van der Waals surface area contributed by atoms with Gasteiger partial charge in [0.15, 0.2) is 0 Å². The summed E-state index contributed by atoms with van der Waals surface area (Å²) in [6, 6.07) is 7.86. The van der Waals surface area contributed by atoms with Crippen LogP contribution in [0.4, 0.5) is 4.79 Å². The molecule has 2 rings (SSSR count). The maximum Gasteiger partial charge on any atom is 0.408 e. The summed E-state index contributed by atoms with van der Waals surface area (Å²) in [5.74, 6) is 0.599. The smallest absolute Gasteiger partial charge is 0.408 e. The predicted molar refractivity (Wildman–Crippen MR) is 81.2 cm³/mol. The Labute approximate surface area is 125 Å². The minimum atomic E-state index is -1.08. The molecular weight excluding hydrogens is 266 g/mol. The van der Waals surface area contributed by atoms with Crippen molar-refractivity contribution in [1.82, 2.24) is 5.32 Å². The zero-order valence-electron chi connectivity index (χ0n) is 13.1. The molecule has 1 amide bonds. The van der Waals surface area contributed by atoms with Crippen LogP contribution in [0, 0.1) is 0 Å². The molecule has 114 valence electrons. The van der Waals surface area contributed by atoms with Gasteiger partial charge in [0.05, 0.1) is 0 Å². The van der Waals surface area contributed by atoms with Crippen LogP contribution in [0.15, 0.2) is 24.3 Å². The molecule has 0 heterocycles. The van der Waals surface area contributed by atoms with Crippen molar-refractivity contribution in [2.75, 3.05) is 0 Å².